The van der Waals surface area contributed by atoms with E-state index in [9.17, 15) is 4.79 Å². The fourth-order valence-corrected chi connectivity index (χ4v) is 3.93. The maximum absolute atomic E-state index is 13.4. The van der Waals surface area contributed by atoms with Crippen LogP contribution in [-0.4, -0.2) is 29.0 Å². The molecule has 5 nitrogen and oxygen atoms in total. The Kier molecular flexibility index (Phi) is 6.02. The third-order valence-electron chi connectivity index (χ3n) is 5.61. The predicted octanol–water partition coefficient (Wildman–Crippen LogP) is 5.36. The van der Waals surface area contributed by atoms with Gasteiger partial charge in [0.25, 0.3) is 5.91 Å². The number of carbonyl (C=O) groups is 1. The van der Waals surface area contributed by atoms with Crippen LogP contribution in [-0.2, 0) is 13.1 Å². The Balaban J connectivity index is 1.40. The number of hydrogen-bond donors (Lipinski definition) is 0. The van der Waals surface area contributed by atoms with Crippen LogP contribution in [0.5, 0.6) is 11.5 Å². The largest absolute Gasteiger partial charge is 0.486 e. The van der Waals surface area contributed by atoms with Gasteiger partial charge in [-0.1, -0.05) is 60.7 Å². The molecule has 0 radical (unpaired) electrons. The quantitative estimate of drug-likeness (QED) is 0.408. The van der Waals surface area contributed by atoms with Crippen molar-refractivity contribution in [3.05, 3.63) is 114 Å². The van der Waals surface area contributed by atoms with Crippen LogP contribution in [0.15, 0.2) is 97.3 Å². The highest BCUT2D eigenvalue weighted by Crippen LogP contribution is 2.31. The summed E-state index contributed by atoms with van der Waals surface area (Å²) in [5.74, 6) is 1.40. The Morgan fingerprint density at radius 1 is 0.758 bits per heavy atom. The van der Waals surface area contributed by atoms with Gasteiger partial charge in [0.15, 0.2) is 11.5 Å². The molecule has 1 aromatic heterocycles. The molecule has 5 heteroatoms. The summed E-state index contributed by atoms with van der Waals surface area (Å²) in [6.45, 7) is 2.02. The van der Waals surface area contributed by atoms with Crippen LogP contribution in [0.4, 0.5) is 0 Å². The normalized spacial score (nSPS) is 12.2. The van der Waals surface area contributed by atoms with Gasteiger partial charge >= 0.3 is 0 Å². The molecule has 4 aromatic rings. The van der Waals surface area contributed by atoms with Gasteiger partial charge in [-0.15, -0.1) is 0 Å². The third-order valence-corrected chi connectivity index (χ3v) is 5.61. The van der Waals surface area contributed by atoms with E-state index < -0.39 is 0 Å². The number of aromatic nitrogens is 1. The first kappa shape index (κ1) is 20.8. The first-order valence-corrected chi connectivity index (χ1v) is 11.0. The Morgan fingerprint density at radius 3 is 2.21 bits per heavy atom. The number of hydrogen-bond acceptors (Lipinski definition) is 4. The van der Waals surface area contributed by atoms with Gasteiger partial charge < -0.3 is 14.4 Å². The van der Waals surface area contributed by atoms with Crippen molar-refractivity contribution in [2.45, 2.75) is 13.1 Å². The van der Waals surface area contributed by atoms with Crippen molar-refractivity contribution in [2.24, 2.45) is 0 Å². The fourth-order valence-electron chi connectivity index (χ4n) is 3.93. The SMILES string of the molecule is O=C(c1cccnc1)N(Cc1ccc(-c2ccccc2)cc1)Cc1ccc2c(c1)OCCO2. The summed E-state index contributed by atoms with van der Waals surface area (Å²) in [5, 5.41) is 0. The molecule has 0 N–H and O–H groups in total. The van der Waals surface area contributed by atoms with E-state index in [0.29, 0.717) is 31.9 Å². The zero-order valence-electron chi connectivity index (χ0n) is 18.2. The van der Waals surface area contributed by atoms with E-state index in [2.05, 4.69) is 41.4 Å². The summed E-state index contributed by atoms with van der Waals surface area (Å²) in [6.07, 6.45) is 3.28. The van der Waals surface area contributed by atoms with E-state index in [4.69, 9.17) is 9.47 Å². The number of nitrogens with zero attached hydrogens (tertiary/aromatic N) is 2. The maximum atomic E-state index is 13.4. The van der Waals surface area contributed by atoms with E-state index in [1.165, 1.54) is 5.56 Å². The first-order chi connectivity index (χ1) is 16.3. The van der Waals surface area contributed by atoms with E-state index in [-0.39, 0.29) is 5.91 Å². The second-order valence-corrected chi connectivity index (χ2v) is 7.94. The monoisotopic (exact) mass is 436 g/mol. The molecular formula is C28H24N2O3. The summed E-state index contributed by atoms with van der Waals surface area (Å²) in [7, 11) is 0. The van der Waals surface area contributed by atoms with Crippen LogP contribution in [0.3, 0.4) is 0 Å². The average Bonchev–Trinajstić information content (AvgIpc) is 2.89. The van der Waals surface area contributed by atoms with Crippen molar-refractivity contribution in [3.8, 4) is 22.6 Å². The Morgan fingerprint density at radius 2 is 1.45 bits per heavy atom. The molecule has 0 saturated carbocycles. The number of pyridine rings is 1. The number of fused-ring (bicyclic) bond motifs is 1. The number of rotatable bonds is 6. The Bertz CT molecular complexity index is 1230. The molecule has 0 unspecified atom stereocenters. The smallest absolute Gasteiger partial charge is 0.256 e. The Hall–Kier alpha value is -4.12. The number of carbonyl (C=O) groups excluding carboxylic acids is 1. The molecule has 0 atom stereocenters. The first-order valence-electron chi connectivity index (χ1n) is 11.0. The van der Waals surface area contributed by atoms with Crippen LogP contribution >= 0.6 is 0 Å². The van der Waals surface area contributed by atoms with Gasteiger partial charge in [-0.25, -0.2) is 0 Å². The summed E-state index contributed by atoms with van der Waals surface area (Å²) >= 11 is 0. The second-order valence-electron chi connectivity index (χ2n) is 7.94. The molecule has 1 amide bonds. The summed E-state index contributed by atoms with van der Waals surface area (Å²) in [6, 6.07) is 28.0. The second kappa shape index (κ2) is 9.57. The lowest BCUT2D eigenvalue weighted by molar-refractivity contribution is 0.0729. The highest BCUT2D eigenvalue weighted by molar-refractivity contribution is 5.93. The summed E-state index contributed by atoms with van der Waals surface area (Å²) in [4.78, 5) is 19.3. The van der Waals surface area contributed by atoms with E-state index in [1.807, 2.05) is 41.3 Å². The molecule has 2 heterocycles. The minimum Gasteiger partial charge on any atom is -0.486 e. The maximum Gasteiger partial charge on any atom is 0.256 e. The van der Waals surface area contributed by atoms with E-state index >= 15 is 0 Å². The van der Waals surface area contributed by atoms with Gasteiger partial charge in [0.05, 0.1) is 5.56 Å². The van der Waals surface area contributed by atoms with Gasteiger partial charge in [-0.3, -0.25) is 9.78 Å². The molecular weight excluding hydrogens is 412 g/mol. The van der Waals surface area contributed by atoms with Crippen molar-refractivity contribution in [1.29, 1.82) is 0 Å². The molecule has 1 aliphatic heterocycles. The van der Waals surface area contributed by atoms with Crippen LogP contribution in [0.1, 0.15) is 21.5 Å². The highest BCUT2D eigenvalue weighted by atomic mass is 16.6. The number of amides is 1. The molecule has 0 saturated heterocycles. The van der Waals surface area contributed by atoms with Crippen LogP contribution in [0.25, 0.3) is 11.1 Å². The zero-order valence-corrected chi connectivity index (χ0v) is 18.2. The van der Waals surface area contributed by atoms with Gasteiger partial charge in [-0.2, -0.15) is 0 Å². The van der Waals surface area contributed by atoms with Crippen molar-refractivity contribution >= 4 is 5.91 Å². The van der Waals surface area contributed by atoms with Crippen molar-refractivity contribution in [3.63, 3.8) is 0 Å². The summed E-state index contributed by atoms with van der Waals surface area (Å²) in [5.41, 5.74) is 4.93. The molecule has 3 aromatic carbocycles. The molecule has 5 rings (SSSR count). The van der Waals surface area contributed by atoms with Gasteiger partial charge in [-0.05, 0) is 46.5 Å². The van der Waals surface area contributed by atoms with Crippen molar-refractivity contribution in [1.82, 2.24) is 9.88 Å². The van der Waals surface area contributed by atoms with Crippen molar-refractivity contribution in [2.75, 3.05) is 13.2 Å². The minimum atomic E-state index is -0.0647. The van der Waals surface area contributed by atoms with Crippen LogP contribution in [0, 0.1) is 0 Å². The molecule has 0 fully saturated rings. The molecule has 0 aliphatic carbocycles. The topological polar surface area (TPSA) is 51.7 Å². The van der Waals surface area contributed by atoms with E-state index in [0.717, 1.165) is 28.2 Å². The molecule has 33 heavy (non-hydrogen) atoms. The lowest BCUT2D eigenvalue weighted by Crippen LogP contribution is -2.30. The zero-order chi connectivity index (χ0) is 22.5. The Labute approximate surface area is 193 Å². The van der Waals surface area contributed by atoms with Crippen LogP contribution < -0.4 is 9.47 Å². The van der Waals surface area contributed by atoms with Gasteiger partial charge in [0.2, 0.25) is 0 Å². The third kappa shape index (κ3) is 4.88. The number of ether oxygens (including phenoxy) is 2. The average molecular weight is 437 g/mol. The van der Waals surface area contributed by atoms with Gasteiger partial charge in [0, 0.05) is 25.5 Å². The molecule has 0 spiro atoms. The molecule has 164 valence electrons. The predicted molar refractivity (Wildman–Crippen MR) is 127 cm³/mol. The lowest BCUT2D eigenvalue weighted by atomic mass is 10.0. The minimum absolute atomic E-state index is 0.0647. The standard InChI is InChI=1S/C28H24N2O3/c31-28(25-7-4-14-29-18-25)30(20-22-10-13-26-27(17-22)33-16-15-32-26)19-21-8-11-24(12-9-21)23-5-2-1-3-6-23/h1-14,17-18H,15-16,19-20H2. The fraction of sp³-hybridized carbons (Fsp3) is 0.143. The van der Waals surface area contributed by atoms with E-state index in [1.54, 1.807) is 24.5 Å². The number of benzene rings is 3. The molecule has 0 bridgehead atoms. The van der Waals surface area contributed by atoms with Crippen molar-refractivity contribution < 1.29 is 14.3 Å². The van der Waals surface area contributed by atoms with Gasteiger partial charge in [0.1, 0.15) is 13.2 Å². The molecule has 1 aliphatic rings. The highest BCUT2D eigenvalue weighted by Gasteiger charge is 2.19. The summed E-state index contributed by atoms with van der Waals surface area (Å²) < 4.78 is 11.4. The van der Waals surface area contributed by atoms with Crippen LogP contribution in [0.2, 0.25) is 0 Å². The lowest BCUT2D eigenvalue weighted by Gasteiger charge is -2.24.